The molecule has 0 radical (unpaired) electrons. The molecule has 1 amide bonds. The minimum atomic E-state index is -0.306. The molecule has 6 nitrogen and oxygen atoms in total. The second-order valence-electron chi connectivity index (χ2n) is 6.10. The third-order valence-corrected chi connectivity index (χ3v) is 4.12. The van der Waals surface area contributed by atoms with Gasteiger partial charge in [-0.1, -0.05) is 30.3 Å². The van der Waals surface area contributed by atoms with Crippen molar-refractivity contribution in [1.29, 1.82) is 0 Å². The Morgan fingerprint density at radius 1 is 1.19 bits per heavy atom. The molecule has 0 aliphatic carbocycles. The average Bonchev–Trinajstić information content (AvgIpc) is 2.69. The molecular formula is C20H22FN3O3. The molecule has 142 valence electrons. The Bertz CT molecular complexity index is 792. The van der Waals surface area contributed by atoms with Crippen LogP contribution in [-0.4, -0.2) is 49.9 Å². The number of hydrogen-bond donors (Lipinski definition) is 1. The Morgan fingerprint density at radius 2 is 1.93 bits per heavy atom. The van der Waals surface area contributed by atoms with Gasteiger partial charge in [-0.3, -0.25) is 9.69 Å². The van der Waals surface area contributed by atoms with E-state index >= 15 is 0 Å². The van der Waals surface area contributed by atoms with E-state index < -0.39 is 0 Å². The lowest BCUT2D eigenvalue weighted by Gasteiger charge is -2.25. The molecule has 1 saturated heterocycles. The van der Waals surface area contributed by atoms with Gasteiger partial charge in [0.1, 0.15) is 18.2 Å². The van der Waals surface area contributed by atoms with E-state index in [1.165, 1.54) is 12.3 Å². The number of hydrogen-bond acceptors (Lipinski definition) is 5. The number of nitrogens with zero attached hydrogens (tertiary/aromatic N) is 2. The van der Waals surface area contributed by atoms with Gasteiger partial charge in [-0.15, -0.1) is 0 Å². The van der Waals surface area contributed by atoms with Gasteiger partial charge in [0.2, 0.25) is 0 Å². The molecule has 27 heavy (non-hydrogen) atoms. The maximum atomic E-state index is 13.7. The van der Waals surface area contributed by atoms with Gasteiger partial charge in [-0.05, 0) is 18.2 Å². The molecule has 3 rings (SSSR count). The van der Waals surface area contributed by atoms with E-state index in [-0.39, 0.29) is 24.9 Å². The molecule has 1 heterocycles. The van der Waals surface area contributed by atoms with Gasteiger partial charge >= 0.3 is 0 Å². The van der Waals surface area contributed by atoms with Crippen molar-refractivity contribution in [1.82, 2.24) is 10.3 Å². The van der Waals surface area contributed by atoms with Gasteiger partial charge in [0.15, 0.2) is 0 Å². The lowest BCUT2D eigenvalue weighted by atomic mass is 10.2. The smallest absolute Gasteiger partial charge is 0.254 e. The number of amides is 1. The molecule has 1 N–H and O–H groups in total. The fourth-order valence-corrected chi connectivity index (χ4v) is 2.66. The van der Waals surface area contributed by atoms with Gasteiger partial charge in [0.25, 0.3) is 5.91 Å². The van der Waals surface area contributed by atoms with Gasteiger partial charge in [0, 0.05) is 24.2 Å². The van der Waals surface area contributed by atoms with Crippen LogP contribution in [0.25, 0.3) is 0 Å². The lowest BCUT2D eigenvalue weighted by molar-refractivity contribution is -0.123. The van der Waals surface area contributed by atoms with Crippen molar-refractivity contribution in [3.05, 3.63) is 65.5 Å². The summed E-state index contributed by atoms with van der Waals surface area (Å²) in [7, 11) is 0. The number of halogens is 1. The Morgan fingerprint density at radius 3 is 2.74 bits per heavy atom. The van der Waals surface area contributed by atoms with Crippen LogP contribution >= 0.6 is 0 Å². The number of rotatable bonds is 7. The fraction of sp³-hybridized carbons (Fsp3) is 0.300. The molecule has 0 unspecified atom stereocenters. The summed E-state index contributed by atoms with van der Waals surface area (Å²) >= 11 is 0. The molecule has 1 fully saturated rings. The van der Waals surface area contributed by atoms with Crippen LogP contribution in [-0.2, 0) is 16.1 Å². The molecular weight excluding hydrogens is 349 g/mol. The summed E-state index contributed by atoms with van der Waals surface area (Å²) in [5.41, 5.74) is 3.69. The van der Waals surface area contributed by atoms with E-state index in [1.54, 1.807) is 24.3 Å². The third-order valence-electron chi connectivity index (χ3n) is 4.12. The Balaban J connectivity index is 1.54. The van der Waals surface area contributed by atoms with E-state index in [0.717, 1.165) is 13.1 Å². The monoisotopic (exact) mass is 371 g/mol. The summed E-state index contributed by atoms with van der Waals surface area (Å²) in [6, 6.07) is 13.7. The van der Waals surface area contributed by atoms with Crippen molar-refractivity contribution in [3.63, 3.8) is 0 Å². The van der Waals surface area contributed by atoms with E-state index in [1.807, 2.05) is 23.1 Å². The molecule has 0 aromatic heterocycles. The number of carbonyl (C=O) groups is 1. The van der Waals surface area contributed by atoms with E-state index in [9.17, 15) is 9.18 Å². The topological polar surface area (TPSA) is 63.2 Å². The SMILES string of the molecule is O=C(CN1CCOCC1)N/N=C/c1ccccc1OCc1ccccc1F. The highest BCUT2D eigenvalue weighted by Gasteiger charge is 2.13. The van der Waals surface area contributed by atoms with Crippen LogP contribution in [0.4, 0.5) is 4.39 Å². The highest BCUT2D eigenvalue weighted by Crippen LogP contribution is 2.18. The Hall–Kier alpha value is -2.77. The van der Waals surface area contributed by atoms with Crippen molar-refractivity contribution in [2.24, 2.45) is 5.10 Å². The van der Waals surface area contributed by atoms with E-state index in [0.29, 0.717) is 30.1 Å². The van der Waals surface area contributed by atoms with Crippen molar-refractivity contribution in [3.8, 4) is 5.75 Å². The second kappa shape index (κ2) is 9.80. The zero-order valence-electron chi connectivity index (χ0n) is 14.9. The van der Waals surface area contributed by atoms with E-state index in [2.05, 4.69) is 10.5 Å². The molecule has 0 atom stereocenters. The maximum Gasteiger partial charge on any atom is 0.254 e. The van der Waals surface area contributed by atoms with E-state index in [4.69, 9.17) is 9.47 Å². The summed E-state index contributed by atoms with van der Waals surface area (Å²) in [6.45, 7) is 3.16. The Labute approximate surface area is 157 Å². The normalized spacial score (nSPS) is 15.0. The first kappa shape index (κ1) is 19.0. The summed E-state index contributed by atoms with van der Waals surface area (Å²) < 4.78 is 24.7. The highest BCUT2D eigenvalue weighted by atomic mass is 19.1. The summed E-state index contributed by atoms with van der Waals surface area (Å²) in [6.07, 6.45) is 1.52. The summed E-state index contributed by atoms with van der Waals surface area (Å²) in [4.78, 5) is 14.0. The first-order chi connectivity index (χ1) is 13.2. The van der Waals surface area contributed by atoms with Crippen LogP contribution in [0, 0.1) is 5.82 Å². The van der Waals surface area contributed by atoms with Crippen LogP contribution in [0.1, 0.15) is 11.1 Å². The van der Waals surface area contributed by atoms with Gasteiger partial charge in [-0.25, -0.2) is 9.82 Å². The van der Waals surface area contributed by atoms with Gasteiger partial charge in [0.05, 0.1) is 26.0 Å². The number of para-hydroxylation sites is 1. The third kappa shape index (κ3) is 5.87. The van der Waals surface area contributed by atoms with Crippen molar-refractivity contribution < 1.29 is 18.7 Å². The number of hydrazone groups is 1. The molecule has 2 aromatic rings. The molecule has 0 saturated carbocycles. The number of nitrogens with one attached hydrogen (secondary N) is 1. The van der Waals surface area contributed by atoms with Gasteiger partial charge in [-0.2, -0.15) is 5.10 Å². The highest BCUT2D eigenvalue weighted by molar-refractivity contribution is 5.85. The lowest BCUT2D eigenvalue weighted by Crippen LogP contribution is -2.42. The second-order valence-corrected chi connectivity index (χ2v) is 6.10. The van der Waals surface area contributed by atoms with Crippen molar-refractivity contribution in [2.45, 2.75) is 6.61 Å². The minimum Gasteiger partial charge on any atom is -0.488 e. The standard InChI is InChI=1S/C20H22FN3O3/c21-18-7-3-1-6-17(18)15-27-19-8-4-2-5-16(19)13-22-23-20(25)14-24-9-11-26-12-10-24/h1-8,13H,9-12,14-15H2,(H,23,25)/b22-13+. The molecule has 0 spiro atoms. The zero-order chi connectivity index (χ0) is 18.9. The zero-order valence-corrected chi connectivity index (χ0v) is 14.9. The number of carbonyl (C=O) groups excluding carboxylic acids is 1. The quantitative estimate of drug-likeness (QED) is 0.599. The Kier molecular flexibility index (Phi) is 6.90. The van der Waals surface area contributed by atoms with Crippen LogP contribution in [0.2, 0.25) is 0 Å². The first-order valence-electron chi connectivity index (χ1n) is 8.79. The number of benzene rings is 2. The van der Waals surface area contributed by atoms with Crippen LogP contribution in [0.3, 0.4) is 0 Å². The first-order valence-corrected chi connectivity index (χ1v) is 8.79. The van der Waals surface area contributed by atoms with Crippen LogP contribution < -0.4 is 10.2 Å². The molecule has 1 aliphatic heterocycles. The van der Waals surface area contributed by atoms with Crippen molar-refractivity contribution in [2.75, 3.05) is 32.8 Å². The number of morpholine rings is 1. The maximum absolute atomic E-state index is 13.7. The van der Waals surface area contributed by atoms with Gasteiger partial charge < -0.3 is 9.47 Å². The molecule has 1 aliphatic rings. The predicted molar refractivity (Wildman–Crippen MR) is 100 cm³/mol. The minimum absolute atomic E-state index is 0.112. The fourth-order valence-electron chi connectivity index (χ4n) is 2.66. The molecule has 0 bridgehead atoms. The largest absolute Gasteiger partial charge is 0.488 e. The van der Waals surface area contributed by atoms with Crippen LogP contribution in [0.5, 0.6) is 5.75 Å². The predicted octanol–water partition coefficient (Wildman–Crippen LogP) is 2.19. The summed E-state index contributed by atoms with van der Waals surface area (Å²) in [5.74, 6) is 0.0730. The molecule has 2 aromatic carbocycles. The molecule has 7 heteroatoms. The average molecular weight is 371 g/mol. The summed E-state index contributed by atoms with van der Waals surface area (Å²) in [5, 5.41) is 4.00. The number of ether oxygens (including phenoxy) is 2. The van der Waals surface area contributed by atoms with Crippen molar-refractivity contribution >= 4 is 12.1 Å². The van der Waals surface area contributed by atoms with Crippen LogP contribution in [0.15, 0.2) is 53.6 Å².